The van der Waals surface area contributed by atoms with Crippen molar-refractivity contribution in [1.29, 1.82) is 0 Å². The van der Waals surface area contributed by atoms with Crippen molar-refractivity contribution in [3.05, 3.63) is 71.0 Å². The summed E-state index contributed by atoms with van der Waals surface area (Å²) < 4.78 is 13.3. The normalized spacial score (nSPS) is 21.3. The third-order valence-electron chi connectivity index (χ3n) is 4.89. The molecular formula is C20H27FN2+2. The zero-order chi connectivity index (χ0) is 16.1. The van der Waals surface area contributed by atoms with E-state index in [0.717, 1.165) is 25.1 Å². The van der Waals surface area contributed by atoms with E-state index in [2.05, 4.69) is 31.2 Å². The Labute approximate surface area is 138 Å². The van der Waals surface area contributed by atoms with Gasteiger partial charge in [-0.15, -0.1) is 0 Å². The minimum atomic E-state index is -0.123. The minimum Gasteiger partial charge on any atom is -0.322 e. The monoisotopic (exact) mass is 314 g/mol. The summed E-state index contributed by atoms with van der Waals surface area (Å²) >= 11 is 0. The second-order valence-electron chi connectivity index (χ2n) is 6.65. The third-order valence-corrected chi connectivity index (χ3v) is 4.89. The van der Waals surface area contributed by atoms with E-state index in [1.165, 1.54) is 43.4 Å². The van der Waals surface area contributed by atoms with Gasteiger partial charge in [-0.1, -0.05) is 43.3 Å². The number of rotatable bonds is 5. The molecule has 1 fully saturated rings. The molecule has 1 saturated heterocycles. The molecular weight excluding hydrogens is 287 g/mol. The Bertz CT molecular complexity index is 616. The zero-order valence-corrected chi connectivity index (χ0v) is 13.9. The van der Waals surface area contributed by atoms with Crippen molar-refractivity contribution in [3.8, 4) is 0 Å². The molecule has 1 aliphatic heterocycles. The lowest BCUT2D eigenvalue weighted by atomic mass is 10.1. The lowest BCUT2D eigenvalue weighted by Crippen LogP contribution is -3.27. The van der Waals surface area contributed by atoms with Gasteiger partial charge in [-0.3, -0.25) is 0 Å². The van der Waals surface area contributed by atoms with Gasteiger partial charge in [0.05, 0.1) is 0 Å². The van der Waals surface area contributed by atoms with Crippen LogP contribution in [0.15, 0.2) is 48.5 Å². The fraction of sp³-hybridized carbons (Fsp3) is 0.400. The molecule has 2 nitrogen and oxygen atoms in total. The Hall–Kier alpha value is -1.71. The van der Waals surface area contributed by atoms with Gasteiger partial charge in [0.15, 0.2) is 0 Å². The Morgan fingerprint density at radius 3 is 1.91 bits per heavy atom. The van der Waals surface area contributed by atoms with Crippen LogP contribution in [0.5, 0.6) is 0 Å². The second-order valence-corrected chi connectivity index (χ2v) is 6.65. The maximum Gasteiger partial charge on any atom is 0.127 e. The highest BCUT2D eigenvalue weighted by Gasteiger charge is 2.23. The summed E-state index contributed by atoms with van der Waals surface area (Å²) in [5.41, 5.74) is 3.96. The maximum atomic E-state index is 13.3. The molecule has 0 atom stereocenters. The van der Waals surface area contributed by atoms with Gasteiger partial charge >= 0.3 is 0 Å². The van der Waals surface area contributed by atoms with Gasteiger partial charge in [-0.25, -0.2) is 4.39 Å². The van der Waals surface area contributed by atoms with Crippen LogP contribution in [0, 0.1) is 5.82 Å². The molecule has 0 saturated carbocycles. The summed E-state index contributed by atoms with van der Waals surface area (Å²) in [5.74, 6) is -0.123. The average molecular weight is 314 g/mol. The molecule has 2 N–H and O–H groups in total. The van der Waals surface area contributed by atoms with Crippen LogP contribution in [0.1, 0.15) is 23.6 Å². The fourth-order valence-corrected chi connectivity index (χ4v) is 3.43. The summed E-state index contributed by atoms with van der Waals surface area (Å²) in [6.45, 7) is 8.98. The third kappa shape index (κ3) is 4.63. The molecule has 0 unspecified atom stereocenters. The molecule has 122 valence electrons. The first kappa shape index (κ1) is 16.2. The van der Waals surface area contributed by atoms with Crippen molar-refractivity contribution in [2.24, 2.45) is 0 Å². The highest BCUT2D eigenvalue weighted by molar-refractivity contribution is 5.21. The summed E-state index contributed by atoms with van der Waals surface area (Å²) in [6, 6.07) is 16.1. The van der Waals surface area contributed by atoms with E-state index >= 15 is 0 Å². The molecule has 2 aromatic carbocycles. The van der Waals surface area contributed by atoms with Crippen molar-refractivity contribution < 1.29 is 14.2 Å². The van der Waals surface area contributed by atoms with E-state index in [4.69, 9.17) is 0 Å². The molecule has 0 aliphatic carbocycles. The Morgan fingerprint density at radius 2 is 1.35 bits per heavy atom. The standard InChI is InChI=1S/C20H25FN2/c1-2-17-6-8-18(9-7-17)15-22-10-12-23(13-11-22)16-19-4-3-5-20(21)14-19/h3-9,14H,2,10-13,15-16H2,1H3/p+2. The highest BCUT2D eigenvalue weighted by Crippen LogP contribution is 2.04. The van der Waals surface area contributed by atoms with Gasteiger partial charge < -0.3 is 9.80 Å². The van der Waals surface area contributed by atoms with Gasteiger partial charge in [0.2, 0.25) is 0 Å². The Morgan fingerprint density at radius 1 is 0.783 bits per heavy atom. The fourth-order valence-electron chi connectivity index (χ4n) is 3.43. The molecule has 0 spiro atoms. The van der Waals surface area contributed by atoms with Crippen LogP contribution < -0.4 is 9.80 Å². The largest absolute Gasteiger partial charge is 0.322 e. The molecule has 0 aromatic heterocycles. The number of quaternary nitrogens is 2. The summed E-state index contributed by atoms with van der Waals surface area (Å²) in [5, 5.41) is 0. The molecule has 0 amide bonds. The van der Waals surface area contributed by atoms with Crippen LogP contribution in [-0.4, -0.2) is 26.2 Å². The van der Waals surface area contributed by atoms with Gasteiger partial charge in [-0.2, -0.15) is 0 Å². The molecule has 1 aliphatic rings. The van der Waals surface area contributed by atoms with Gasteiger partial charge in [0.1, 0.15) is 45.1 Å². The van der Waals surface area contributed by atoms with E-state index in [-0.39, 0.29) is 5.82 Å². The van der Waals surface area contributed by atoms with Crippen molar-refractivity contribution in [2.45, 2.75) is 26.4 Å². The minimum absolute atomic E-state index is 0.123. The smallest absolute Gasteiger partial charge is 0.127 e. The second kappa shape index (κ2) is 7.71. The van der Waals surface area contributed by atoms with E-state index in [0.29, 0.717) is 0 Å². The first-order valence-electron chi connectivity index (χ1n) is 8.72. The van der Waals surface area contributed by atoms with Crippen LogP contribution >= 0.6 is 0 Å². The number of halogens is 1. The van der Waals surface area contributed by atoms with Crippen molar-refractivity contribution in [3.63, 3.8) is 0 Å². The van der Waals surface area contributed by atoms with E-state index in [1.54, 1.807) is 15.9 Å². The number of benzene rings is 2. The lowest BCUT2D eigenvalue weighted by molar-refractivity contribution is -1.02. The van der Waals surface area contributed by atoms with Crippen LogP contribution in [0.2, 0.25) is 0 Å². The lowest BCUT2D eigenvalue weighted by Gasteiger charge is -2.29. The van der Waals surface area contributed by atoms with Crippen LogP contribution in [0.3, 0.4) is 0 Å². The van der Waals surface area contributed by atoms with Crippen molar-refractivity contribution in [1.82, 2.24) is 0 Å². The van der Waals surface area contributed by atoms with Crippen molar-refractivity contribution in [2.75, 3.05) is 26.2 Å². The zero-order valence-electron chi connectivity index (χ0n) is 13.9. The molecule has 3 rings (SSSR count). The number of hydrogen-bond donors (Lipinski definition) is 2. The average Bonchev–Trinajstić information content (AvgIpc) is 2.57. The first-order chi connectivity index (χ1) is 11.2. The predicted octanol–water partition coefficient (Wildman–Crippen LogP) is 0.872. The van der Waals surface area contributed by atoms with Crippen LogP contribution in [0.25, 0.3) is 0 Å². The quantitative estimate of drug-likeness (QED) is 0.810. The molecule has 0 radical (unpaired) electrons. The van der Waals surface area contributed by atoms with E-state index in [1.807, 2.05) is 12.1 Å². The molecule has 2 aromatic rings. The van der Waals surface area contributed by atoms with Crippen molar-refractivity contribution >= 4 is 0 Å². The number of nitrogens with one attached hydrogen (secondary N) is 2. The Balaban J connectivity index is 1.48. The number of hydrogen-bond acceptors (Lipinski definition) is 0. The topological polar surface area (TPSA) is 8.88 Å². The number of aryl methyl sites for hydroxylation is 1. The first-order valence-corrected chi connectivity index (χ1v) is 8.72. The molecule has 3 heteroatoms. The van der Waals surface area contributed by atoms with Crippen LogP contribution in [-0.2, 0) is 19.5 Å². The van der Waals surface area contributed by atoms with E-state index in [9.17, 15) is 4.39 Å². The van der Waals surface area contributed by atoms with E-state index < -0.39 is 0 Å². The molecule has 1 heterocycles. The molecule has 23 heavy (non-hydrogen) atoms. The van der Waals surface area contributed by atoms with Gasteiger partial charge in [0.25, 0.3) is 0 Å². The molecule has 0 bridgehead atoms. The highest BCUT2D eigenvalue weighted by atomic mass is 19.1. The summed E-state index contributed by atoms with van der Waals surface area (Å²) in [7, 11) is 0. The van der Waals surface area contributed by atoms with Crippen LogP contribution in [0.4, 0.5) is 4.39 Å². The SMILES string of the molecule is CCc1ccc(C[NH+]2CC[NH+](Cc3cccc(F)c3)CC2)cc1. The maximum absolute atomic E-state index is 13.3. The van der Waals surface area contributed by atoms with Gasteiger partial charge in [0, 0.05) is 11.1 Å². The van der Waals surface area contributed by atoms with Gasteiger partial charge in [-0.05, 0) is 24.1 Å². The summed E-state index contributed by atoms with van der Waals surface area (Å²) in [6.07, 6.45) is 1.11. The summed E-state index contributed by atoms with van der Waals surface area (Å²) in [4.78, 5) is 3.23. The Kier molecular flexibility index (Phi) is 5.42. The predicted molar refractivity (Wildman–Crippen MR) is 91.0 cm³/mol. The number of piperazine rings is 1.